The number of anilines is 1. The topological polar surface area (TPSA) is 120 Å². The number of aryl methyl sites for hydroxylation is 3. The Hall–Kier alpha value is -4.18. The maximum Gasteiger partial charge on any atom is 0.251 e. The summed E-state index contributed by atoms with van der Waals surface area (Å²) in [6.07, 6.45) is 4.63. The van der Waals surface area contributed by atoms with Crippen LogP contribution in [-0.2, 0) is 19.3 Å². The van der Waals surface area contributed by atoms with Crippen LogP contribution < -0.4 is 11.1 Å². The Morgan fingerprint density at radius 2 is 2.02 bits per heavy atom. The predicted molar refractivity (Wildman–Crippen MR) is 158 cm³/mol. The monoisotopic (exact) mass is 570 g/mol. The number of pyridine rings is 2. The number of nitrogens with one attached hydrogen (secondary N) is 1. The number of primary amides is 1. The van der Waals surface area contributed by atoms with E-state index in [-0.39, 0.29) is 17.8 Å². The molecule has 1 amide bonds. The van der Waals surface area contributed by atoms with Crippen molar-refractivity contribution in [3.63, 3.8) is 0 Å². The van der Waals surface area contributed by atoms with Crippen LogP contribution in [0.3, 0.4) is 0 Å². The van der Waals surface area contributed by atoms with E-state index in [2.05, 4.69) is 40.4 Å². The highest BCUT2D eigenvalue weighted by atomic mass is 32.1. The highest BCUT2D eigenvalue weighted by molar-refractivity contribution is 7.23. The van der Waals surface area contributed by atoms with Gasteiger partial charge >= 0.3 is 0 Å². The van der Waals surface area contributed by atoms with Crippen LogP contribution in [0.4, 0.5) is 10.2 Å². The highest BCUT2D eigenvalue weighted by Gasteiger charge is 2.29. The molecule has 8 nitrogen and oxygen atoms in total. The third kappa shape index (κ3) is 4.97. The van der Waals surface area contributed by atoms with Gasteiger partial charge in [-0.3, -0.25) is 9.78 Å². The normalized spacial score (nSPS) is 14.6. The van der Waals surface area contributed by atoms with E-state index in [9.17, 15) is 9.18 Å². The zero-order chi connectivity index (χ0) is 28.8. The Morgan fingerprint density at radius 1 is 1.20 bits per heavy atom. The summed E-state index contributed by atoms with van der Waals surface area (Å²) in [5.74, 6) is 0.967. The summed E-state index contributed by atoms with van der Waals surface area (Å²) in [5, 5.41) is 12.9. The Morgan fingerprint density at radius 3 is 2.73 bits per heavy atom. The van der Waals surface area contributed by atoms with Crippen LogP contribution in [-0.4, -0.2) is 26.1 Å². The van der Waals surface area contributed by atoms with Crippen molar-refractivity contribution in [2.75, 3.05) is 5.32 Å². The van der Waals surface area contributed by atoms with E-state index in [0.717, 1.165) is 50.4 Å². The van der Waals surface area contributed by atoms with Crippen molar-refractivity contribution in [1.82, 2.24) is 20.2 Å². The fraction of sp³-hybridized carbons (Fsp3) is 0.323. The fourth-order valence-electron chi connectivity index (χ4n) is 5.71. The van der Waals surface area contributed by atoms with E-state index in [1.807, 2.05) is 19.1 Å². The molecule has 0 saturated heterocycles. The molecule has 1 aliphatic rings. The Labute approximate surface area is 241 Å². The van der Waals surface area contributed by atoms with Crippen molar-refractivity contribution in [3.8, 4) is 21.9 Å². The summed E-state index contributed by atoms with van der Waals surface area (Å²) < 4.78 is 20.6. The first-order valence-corrected chi connectivity index (χ1v) is 14.6. The van der Waals surface area contributed by atoms with Gasteiger partial charge in [0.25, 0.3) is 5.91 Å². The molecule has 1 aliphatic carbocycles. The average molecular weight is 571 g/mol. The Balaban J connectivity index is 1.54. The van der Waals surface area contributed by atoms with Crippen molar-refractivity contribution in [2.24, 2.45) is 11.7 Å². The van der Waals surface area contributed by atoms with Crippen molar-refractivity contribution in [1.29, 1.82) is 0 Å². The van der Waals surface area contributed by atoms with E-state index in [0.29, 0.717) is 47.0 Å². The Kier molecular flexibility index (Phi) is 7.03. The molecule has 0 fully saturated rings. The average Bonchev–Trinajstić information content (AvgIpc) is 3.66. The molecule has 0 spiro atoms. The largest absolute Gasteiger partial charge is 0.421 e. The second-order valence-corrected chi connectivity index (χ2v) is 11.9. The lowest BCUT2D eigenvalue weighted by Gasteiger charge is -2.18. The number of thiophene rings is 1. The maximum absolute atomic E-state index is 13.8. The van der Waals surface area contributed by atoms with E-state index in [1.54, 1.807) is 19.2 Å². The molecule has 4 aromatic heterocycles. The first kappa shape index (κ1) is 27.0. The summed E-state index contributed by atoms with van der Waals surface area (Å²) in [4.78, 5) is 23.5. The fourth-order valence-corrected chi connectivity index (χ4v) is 6.88. The molecule has 0 bridgehead atoms. The van der Waals surface area contributed by atoms with Gasteiger partial charge in [0.2, 0.25) is 11.8 Å². The minimum absolute atomic E-state index is 0.0256. The number of amides is 1. The molecule has 3 N–H and O–H groups in total. The van der Waals surface area contributed by atoms with E-state index >= 15 is 0 Å². The number of aromatic nitrogens is 4. The molecule has 1 aromatic carbocycles. The van der Waals surface area contributed by atoms with Gasteiger partial charge in [-0.1, -0.05) is 26.8 Å². The first-order chi connectivity index (χ1) is 19.7. The molecule has 41 heavy (non-hydrogen) atoms. The standard InChI is InChI=1S/C31H31FN6O2S/c1-5-21-26(31-38-37-16(4)40-31)27(25(29(33)39)23(35-21)12-15(2)3)24-14-18-10-11-34-30(28(18)41-24)36-22-9-6-17-13-19(32)7-8-20(17)22/h7-8,10-11,13-15,22H,5-6,9,12H2,1-4H3,(H2,33,39)(H,34,36)/t22-/m1/s1. The molecule has 1 atom stereocenters. The van der Waals surface area contributed by atoms with Gasteiger partial charge in [-0.2, -0.15) is 0 Å². The number of benzene rings is 1. The van der Waals surface area contributed by atoms with Crippen molar-refractivity contribution < 1.29 is 13.6 Å². The number of nitrogens with zero attached hydrogens (tertiary/aromatic N) is 4. The van der Waals surface area contributed by atoms with Gasteiger partial charge in [0.05, 0.1) is 33.3 Å². The number of rotatable bonds is 8. The number of halogens is 1. The Bertz CT molecular complexity index is 1790. The minimum atomic E-state index is -0.549. The van der Waals surface area contributed by atoms with Crippen LogP contribution in [0.5, 0.6) is 0 Å². The number of fused-ring (bicyclic) bond motifs is 2. The molecule has 5 aromatic rings. The summed E-state index contributed by atoms with van der Waals surface area (Å²) >= 11 is 1.53. The predicted octanol–water partition coefficient (Wildman–Crippen LogP) is 6.82. The second-order valence-electron chi connectivity index (χ2n) is 10.8. The first-order valence-electron chi connectivity index (χ1n) is 13.8. The summed E-state index contributed by atoms with van der Waals surface area (Å²) in [5.41, 5.74) is 11.3. The molecule has 0 unspecified atom stereocenters. The maximum atomic E-state index is 13.8. The van der Waals surface area contributed by atoms with Gasteiger partial charge in [0, 0.05) is 23.6 Å². The lowest BCUT2D eigenvalue weighted by Crippen LogP contribution is -2.19. The van der Waals surface area contributed by atoms with Crippen LogP contribution in [0.2, 0.25) is 0 Å². The SMILES string of the molecule is CCc1nc(CC(C)C)c(C(N)=O)c(-c2cc3ccnc(N[C@@H]4CCc5cc(F)ccc54)c3s2)c1-c1nnc(C)o1. The lowest BCUT2D eigenvalue weighted by molar-refractivity contribution is 0.0999. The van der Waals surface area contributed by atoms with E-state index in [1.165, 1.54) is 17.4 Å². The quantitative estimate of drug-likeness (QED) is 0.210. The van der Waals surface area contributed by atoms with Crippen molar-refractivity contribution >= 4 is 33.1 Å². The lowest BCUT2D eigenvalue weighted by atomic mass is 9.92. The van der Waals surface area contributed by atoms with Gasteiger partial charge in [-0.15, -0.1) is 21.5 Å². The van der Waals surface area contributed by atoms with Gasteiger partial charge in [0.1, 0.15) is 11.6 Å². The third-order valence-corrected chi connectivity index (χ3v) is 8.62. The van der Waals surface area contributed by atoms with Gasteiger partial charge < -0.3 is 15.5 Å². The van der Waals surface area contributed by atoms with Gasteiger partial charge in [-0.25, -0.2) is 9.37 Å². The van der Waals surface area contributed by atoms with E-state index in [4.69, 9.17) is 15.1 Å². The van der Waals surface area contributed by atoms with Crippen molar-refractivity contribution in [2.45, 2.75) is 59.4 Å². The number of nitrogens with two attached hydrogens (primary N) is 1. The number of carbonyl (C=O) groups is 1. The number of hydrogen-bond donors (Lipinski definition) is 2. The third-order valence-electron chi connectivity index (χ3n) is 7.44. The molecule has 0 aliphatic heterocycles. The summed E-state index contributed by atoms with van der Waals surface area (Å²) in [7, 11) is 0. The number of hydrogen-bond acceptors (Lipinski definition) is 8. The van der Waals surface area contributed by atoms with E-state index < -0.39 is 5.91 Å². The molecule has 4 heterocycles. The minimum Gasteiger partial charge on any atom is -0.421 e. The van der Waals surface area contributed by atoms with Gasteiger partial charge in [0.15, 0.2) is 0 Å². The van der Waals surface area contributed by atoms with Crippen LogP contribution >= 0.6 is 11.3 Å². The number of carbonyl (C=O) groups excluding carboxylic acids is 1. The zero-order valence-corrected chi connectivity index (χ0v) is 24.2. The molecule has 210 valence electrons. The molecular formula is C31H31FN6O2S. The van der Waals surface area contributed by atoms with Crippen molar-refractivity contribution in [3.05, 3.63) is 76.3 Å². The van der Waals surface area contributed by atoms with Gasteiger partial charge in [-0.05, 0) is 72.4 Å². The molecule has 0 saturated carbocycles. The van der Waals surface area contributed by atoms with Crippen LogP contribution in [0.15, 0.2) is 40.9 Å². The molecular weight excluding hydrogens is 539 g/mol. The van der Waals surface area contributed by atoms with Crippen LogP contribution in [0.25, 0.3) is 32.0 Å². The van der Waals surface area contributed by atoms with Crippen LogP contribution in [0, 0.1) is 18.7 Å². The summed E-state index contributed by atoms with van der Waals surface area (Å²) in [6, 6.07) is 9.01. The van der Waals surface area contributed by atoms with Crippen LogP contribution in [0.1, 0.15) is 72.0 Å². The highest BCUT2D eigenvalue weighted by Crippen LogP contribution is 2.45. The summed E-state index contributed by atoms with van der Waals surface area (Å²) in [6.45, 7) is 7.93. The smallest absolute Gasteiger partial charge is 0.251 e. The molecule has 0 radical (unpaired) electrons. The molecule has 6 rings (SSSR count). The second kappa shape index (κ2) is 10.7. The molecule has 10 heteroatoms. The zero-order valence-electron chi connectivity index (χ0n) is 23.4.